The summed E-state index contributed by atoms with van der Waals surface area (Å²) in [7, 11) is 0. The van der Waals surface area contributed by atoms with Crippen molar-refractivity contribution >= 4 is 28.5 Å². The van der Waals surface area contributed by atoms with Crippen molar-refractivity contribution in [1.82, 2.24) is 25.1 Å². The normalized spacial score (nSPS) is 12.1. The number of imidazole rings is 1. The maximum Gasteiger partial charge on any atom is 0.255 e. The minimum Gasteiger partial charge on any atom is -0.342 e. The molecule has 0 unspecified atom stereocenters. The number of nitrogens with one attached hydrogen (secondary N) is 2. The number of hydrogen-bond acceptors (Lipinski definition) is 3. The number of benzene rings is 3. The Hall–Kier alpha value is -3.90. The maximum atomic E-state index is 13.6. The van der Waals surface area contributed by atoms with Crippen LogP contribution in [0.1, 0.15) is 44.7 Å². The Bertz CT molecular complexity index is 1460. The highest BCUT2D eigenvalue weighted by molar-refractivity contribution is 6.31. The molecule has 2 aromatic heterocycles. The molecule has 0 radical (unpaired) electrons. The van der Waals surface area contributed by atoms with E-state index in [0.717, 1.165) is 33.7 Å². The van der Waals surface area contributed by atoms with E-state index in [2.05, 4.69) is 27.5 Å². The van der Waals surface area contributed by atoms with Crippen molar-refractivity contribution in [3.63, 3.8) is 0 Å². The van der Waals surface area contributed by atoms with Crippen LogP contribution in [0.5, 0.6) is 0 Å². The van der Waals surface area contributed by atoms with E-state index in [-0.39, 0.29) is 11.9 Å². The molecule has 1 atom stereocenters. The predicted octanol–water partition coefficient (Wildman–Crippen LogP) is 5.79. The number of fused-ring (bicyclic) bond motifs is 1. The van der Waals surface area contributed by atoms with Gasteiger partial charge in [0.25, 0.3) is 5.91 Å². The van der Waals surface area contributed by atoms with Gasteiger partial charge < -0.3 is 10.3 Å². The number of aryl methyl sites for hydroxylation is 1. The van der Waals surface area contributed by atoms with Gasteiger partial charge in [0, 0.05) is 10.7 Å². The fourth-order valence-corrected chi connectivity index (χ4v) is 4.60. The molecule has 2 N–H and O–H groups in total. The standard InChI is InChI=1S/C28H26ClN5O/c1-18-26(19(2)34(33-18)17-21-12-6-7-13-22(21)29)28(35)32-25(16-20-10-4-3-5-11-20)27-30-23-14-8-9-15-24(23)31-27/h3-15,25H,16-17H2,1-2H3,(H,30,31)(H,32,35)/t25-/m0/s1. The van der Waals surface area contributed by atoms with Crippen LogP contribution in [0, 0.1) is 13.8 Å². The van der Waals surface area contributed by atoms with E-state index >= 15 is 0 Å². The second-order valence-electron chi connectivity index (χ2n) is 8.65. The Kier molecular flexibility index (Phi) is 6.38. The van der Waals surface area contributed by atoms with Crippen molar-refractivity contribution in [3.05, 3.63) is 118 Å². The van der Waals surface area contributed by atoms with E-state index < -0.39 is 0 Å². The molecule has 0 bridgehead atoms. The summed E-state index contributed by atoms with van der Waals surface area (Å²) in [4.78, 5) is 21.7. The number of carbonyl (C=O) groups is 1. The van der Waals surface area contributed by atoms with Crippen molar-refractivity contribution in [2.75, 3.05) is 0 Å². The molecule has 2 heterocycles. The van der Waals surface area contributed by atoms with Crippen LogP contribution < -0.4 is 5.32 Å². The fraction of sp³-hybridized carbons (Fsp3) is 0.179. The molecule has 0 aliphatic heterocycles. The summed E-state index contributed by atoms with van der Waals surface area (Å²) in [6, 6.07) is 25.3. The molecule has 0 spiro atoms. The van der Waals surface area contributed by atoms with Crippen LogP contribution in [0.2, 0.25) is 5.02 Å². The first-order chi connectivity index (χ1) is 17.0. The van der Waals surface area contributed by atoms with Gasteiger partial charge in [0.05, 0.1) is 34.9 Å². The zero-order valence-electron chi connectivity index (χ0n) is 19.6. The Morgan fingerprint density at radius 2 is 1.71 bits per heavy atom. The number of aromatic nitrogens is 4. The van der Waals surface area contributed by atoms with Crippen LogP contribution >= 0.6 is 11.6 Å². The summed E-state index contributed by atoms with van der Waals surface area (Å²) in [5.74, 6) is 0.550. The number of para-hydroxylation sites is 2. The molecule has 5 aromatic rings. The summed E-state index contributed by atoms with van der Waals surface area (Å²) < 4.78 is 1.83. The molecule has 3 aromatic carbocycles. The van der Waals surface area contributed by atoms with Crippen molar-refractivity contribution in [2.24, 2.45) is 0 Å². The molecule has 6 nitrogen and oxygen atoms in total. The van der Waals surface area contributed by atoms with E-state index in [4.69, 9.17) is 16.6 Å². The number of halogens is 1. The lowest BCUT2D eigenvalue weighted by atomic mass is 10.0. The van der Waals surface area contributed by atoms with E-state index in [1.165, 1.54) is 0 Å². The van der Waals surface area contributed by atoms with Crippen LogP contribution in [-0.2, 0) is 13.0 Å². The molecule has 0 aliphatic rings. The first-order valence-electron chi connectivity index (χ1n) is 11.6. The average molecular weight is 484 g/mol. The topological polar surface area (TPSA) is 75.6 Å². The summed E-state index contributed by atoms with van der Waals surface area (Å²) in [5, 5.41) is 8.54. The highest BCUT2D eigenvalue weighted by Crippen LogP contribution is 2.23. The van der Waals surface area contributed by atoms with Gasteiger partial charge in [-0.1, -0.05) is 72.3 Å². The molecule has 35 heavy (non-hydrogen) atoms. The zero-order valence-corrected chi connectivity index (χ0v) is 20.4. The second kappa shape index (κ2) is 9.76. The quantitative estimate of drug-likeness (QED) is 0.307. The van der Waals surface area contributed by atoms with Gasteiger partial charge in [-0.3, -0.25) is 9.48 Å². The number of rotatable bonds is 7. The highest BCUT2D eigenvalue weighted by Gasteiger charge is 2.24. The first kappa shape index (κ1) is 22.9. The summed E-state index contributed by atoms with van der Waals surface area (Å²) >= 11 is 6.35. The van der Waals surface area contributed by atoms with Gasteiger partial charge in [-0.2, -0.15) is 5.10 Å². The minimum absolute atomic E-state index is 0.174. The molecule has 0 aliphatic carbocycles. The third-order valence-electron chi connectivity index (χ3n) is 6.21. The lowest BCUT2D eigenvalue weighted by molar-refractivity contribution is 0.0933. The lowest BCUT2D eigenvalue weighted by Gasteiger charge is -2.17. The Morgan fingerprint density at radius 3 is 2.49 bits per heavy atom. The molecule has 7 heteroatoms. The average Bonchev–Trinajstić information content (AvgIpc) is 3.41. The molecule has 176 valence electrons. The number of carbonyl (C=O) groups excluding carboxylic acids is 1. The van der Waals surface area contributed by atoms with Crippen LogP contribution in [0.3, 0.4) is 0 Å². The molecular formula is C28H26ClN5O. The van der Waals surface area contributed by atoms with Crippen molar-refractivity contribution in [1.29, 1.82) is 0 Å². The molecule has 1 amide bonds. The van der Waals surface area contributed by atoms with Gasteiger partial charge in [-0.25, -0.2) is 4.98 Å². The fourth-order valence-electron chi connectivity index (χ4n) is 4.40. The van der Waals surface area contributed by atoms with Crippen LogP contribution in [0.25, 0.3) is 11.0 Å². The number of hydrogen-bond donors (Lipinski definition) is 2. The van der Waals surface area contributed by atoms with Gasteiger partial charge in [-0.15, -0.1) is 0 Å². The van der Waals surface area contributed by atoms with Crippen molar-refractivity contribution in [3.8, 4) is 0 Å². The van der Waals surface area contributed by atoms with Crippen LogP contribution in [0.4, 0.5) is 0 Å². The second-order valence-corrected chi connectivity index (χ2v) is 9.06. The molecule has 0 saturated heterocycles. The third kappa shape index (κ3) is 4.84. The Balaban J connectivity index is 1.45. The van der Waals surface area contributed by atoms with E-state index in [1.54, 1.807) is 0 Å². The number of nitrogens with zero attached hydrogens (tertiary/aromatic N) is 3. The zero-order chi connectivity index (χ0) is 24.4. The summed E-state index contributed by atoms with van der Waals surface area (Å²) in [6.45, 7) is 4.27. The Morgan fingerprint density at radius 1 is 1.00 bits per heavy atom. The predicted molar refractivity (Wildman–Crippen MR) is 139 cm³/mol. The van der Waals surface area contributed by atoms with Gasteiger partial charge in [0.1, 0.15) is 5.82 Å². The van der Waals surface area contributed by atoms with E-state index in [1.807, 2.05) is 85.3 Å². The summed E-state index contributed by atoms with van der Waals surface area (Å²) in [5.41, 5.74) is 5.92. The number of amides is 1. The first-order valence-corrected chi connectivity index (χ1v) is 11.9. The largest absolute Gasteiger partial charge is 0.342 e. The smallest absolute Gasteiger partial charge is 0.255 e. The number of H-pyrrole nitrogens is 1. The van der Waals surface area contributed by atoms with Gasteiger partial charge in [0.2, 0.25) is 0 Å². The highest BCUT2D eigenvalue weighted by atomic mass is 35.5. The van der Waals surface area contributed by atoms with Gasteiger partial charge in [0.15, 0.2) is 0 Å². The number of aromatic amines is 1. The molecule has 5 rings (SSSR count). The van der Waals surface area contributed by atoms with Gasteiger partial charge >= 0.3 is 0 Å². The minimum atomic E-state index is -0.331. The maximum absolute atomic E-state index is 13.6. The summed E-state index contributed by atoms with van der Waals surface area (Å²) in [6.07, 6.45) is 0.609. The third-order valence-corrected chi connectivity index (χ3v) is 6.58. The van der Waals surface area contributed by atoms with Gasteiger partial charge in [-0.05, 0) is 49.6 Å². The Labute approximate surface area is 209 Å². The van der Waals surface area contributed by atoms with E-state index in [0.29, 0.717) is 29.2 Å². The van der Waals surface area contributed by atoms with Crippen LogP contribution in [-0.4, -0.2) is 25.7 Å². The van der Waals surface area contributed by atoms with Crippen molar-refractivity contribution < 1.29 is 4.79 Å². The monoisotopic (exact) mass is 483 g/mol. The molecule has 0 fully saturated rings. The van der Waals surface area contributed by atoms with E-state index in [9.17, 15) is 4.79 Å². The molecule has 0 saturated carbocycles. The van der Waals surface area contributed by atoms with Crippen molar-refractivity contribution in [2.45, 2.75) is 32.9 Å². The SMILES string of the molecule is Cc1nn(Cc2ccccc2Cl)c(C)c1C(=O)N[C@@H](Cc1ccccc1)c1nc2ccccc2[nH]1. The van der Waals surface area contributed by atoms with Crippen LogP contribution in [0.15, 0.2) is 78.9 Å². The molecular weight excluding hydrogens is 458 g/mol. The lowest BCUT2D eigenvalue weighted by Crippen LogP contribution is -2.31.